The highest BCUT2D eigenvalue weighted by atomic mass is 19.4. The molecule has 5 nitrogen and oxygen atoms in total. The smallest absolute Gasteiger partial charge is 0.420 e. The van der Waals surface area contributed by atoms with E-state index in [4.69, 9.17) is 4.74 Å². The van der Waals surface area contributed by atoms with E-state index in [1.807, 2.05) is 0 Å². The highest BCUT2D eigenvalue weighted by Gasteiger charge is 2.34. The van der Waals surface area contributed by atoms with E-state index in [1.54, 1.807) is 12.1 Å². The Morgan fingerprint density at radius 2 is 1.70 bits per heavy atom. The lowest BCUT2D eigenvalue weighted by Crippen LogP contribution is -2.09. The van der Waals surface area contributed by atoms with Crippen LogP contribution in [0.3, 0.4) is 0 Å². The predicted octanol–water partition coefficient (Wildman–Crippen LogP) is 5.91. The molecular formula is C22H14F6N4O. The lowest BCUT2D eigenvalue weighted by Gasteiger charge is -2.13. The molecule has 0 saturated carbocycles. The second-order valence-corrected chi connectivity index (χ2v) is 6.89. The predicted molar refractivity (Wildman–Crippen MR) is 107 cm³/mol. The zero-order valence-corrected chi connectivity index (χ0v) is 16.6. The molecule has 0 aliphatic heterocycles. The van der Waals surface area contributed by atoms with Crippen LogP contribution in [0.4, 0.5) is 32.2 Å². The van der Waals surface area contributed by atoms with Crippen molar-refractivity contribution < 1.29 is 31.1 Å². The summed E-state index contributed by atoms with van der Waals surface area (Å²) in [5.74, 6) is -3.92. The molecule has 2 aromatic carbocycles. The summed E-state index contributed by atoms with van der Waals surface area (Å²) in [5.41, 5.74) is -0.516. The summed E-state index contributed by atoms with van der Waals surface area (Å²) in [6, 6.07) is 7.51. The average Bonchev–Trinajstić information content (AvgIpc) is 2.78. The standard InChI is InChI=1S/C22H14F6N4O/c23-15-9-16(24)20-18(19(15)25)21(32-11-31-20)30-8-5-12-1-3-13(4-2-12)33-17-10-29-7-6-14(17)22(26,27)28/h1-4,6-7,9-11H,5,8H2,(H,30,31,32). The fourth-order valence-electron chi connectivity index (χ4n) is 3.14. The lowest BCUT2D eigenvalue weighted by atomic mass is 10.1. The zero-order chi connectivity index (χ0) is 23.6. The zero-order valence-electron chi connectivity index (χ0n) is 16.6. The van der Waals surface area contributed by atoms with E-state index in [0.29, 0.717) is 12.5 Å². The van der Waals surface area contributed by atoms with Crippen LogP contribution in [0.15, 0.2) is 55.1 Å². The maximum atomic E-state index is 14.2. The van der Waals surface area contributed by atoms with Gasteiger partial charge in [-0.3, -0.25) is 4.98 Å². The van der Waals surface area contributed by atoms with Crippen LogP contribution >= 0.6 is 0 Å². The van der Waals surface area contributed by atoms with E-state index in [-0.39, 0.29) is 23.6 Å². The lowest BCUT2D eigenvalue weighted by molar-refractivity contribution is -0.138. The highest BCUT2D eigenvalue weighted by molar-refractivity contribution is 5.89. The number of benzene rings is 2. The second kappa shape index (κ2) is 8.93. The molecule has 4 rings (SSSR count). The van der Waals surface area contributed by atoms with Gasteiger partial charge in [-0.05, 0) is 30.2 Å². The number of anilines is 1. The van der Waals surface area contributed by atoms with E-state index in [1.165, 1.54) is 12.1 Å². The van der Waals surface area contributed by atoms with Gasteiger partial charge in [0.05, 0.1) is 11.6 Å². The summed E-state index contributed by atoms with van der Waals surface area (Å²) < 4.78 is 86.2. The Bertz CT molecular complexity index is 1290. The van der Waals surface area contributed by atoms with E-state index < -0.39 is 40.3 Å². The number of hydrogen-bond donors (Lipinski definition) is 1. The number of ether oxygens (including phenoxy) is 1. The summed E-state index contributed by atoms with van der Waals surface area (Å²) in [6.45, 7) is 0.227. The van der Waals surface area contributed by atoms with Crippen LogP contribution in [-0.2, 0) is 12.6 Å². The van der Waals surface area contributed by atoms with Gasteiger partial charge in [-0.25, -0.2) is 23.1 Å². The van der Waals surface area contributed by atoms with Gasteiger partial charge in [-0.2, -0.15) is 13.2 Å². The van der Waals surface area contributed by atoms with E-state index >= 15 is 0 Å². The number of rotatable bonds is 6. The van der Waals surface area contributed by atoms with E-state index in [9.17, 15) is 26.3 Å². The van der Waals surface area contributed by atoms with Crippen LogP contribution < -0.4 is 10.1 Å². The van der Waals surface area contributed by atoms with Gasteiger partial charge in [0.25, 0.3) is 0 Å². The third-order valence-electron chi connectivity index (χ3n) is 4.70. The van der Waals surface area contributed by atoms with Gasteiger partial charge >= 0.3 is 6.18 Å². The van der Waals surface area contributed by atoms with E-state index in [2.05, 4.69) is 20.3 Å². The first-order valence-corrected chi connectivity index (χ1v) is 9.54. The Hall–Kier alpha value is -3.89. The molecule has 0 fully saturated rings. The summed E-state index contributed by atoms with van der Waals surface area (Å²) >= 11 is 0. The molecule has 0 saturated heterocycles. The average molecular weight is 464 g/mol. The monoisotopic (exact) mass is 464 g/mol. The van der Waals surface area contributed by atoms with Crippen molar-refractivity contribution in [1.82, 2.24) is 15.0 Å². The van der Waals surface area contributed by atoms with Crippen molar-refractivity contribution in [2.75, 3.05) is 11.9 Å². The van der Waals surface area contributed by atoms with Crippen molar-refractivity contribution in [3.05, 3.63) is 83.7 Å². The first-order valence-electron chi connectivity index (χ1n) is 9.54. The molecule has 0 aliphatic carbocycles. The molecular weight excluding hydrogens is 450 g/mol. The van der Waals surface area contributed by atoms with Gasteiger partial charge in [-0.1, -0.05) is 12.1 Å². The maximum absolute atomic E-state index is 14.2. The van der Waals surface area contributed by atoms with Crippen molar-refractivity contribution in [3.8, 4) is 11.5 Å². The molecule has 0 amide bonds. The summed E-state index contributed by atoms with van der Waals surface area (Å²) in [6.07, 6.45) is -1.14. The van der Waals surface area contributed by atoms with Gasteiger partial charge in [0.15, 0.2) is 23.2 Å². The summed E-state index contributed by atoms with van der Waals surface area (Å²) in [7, 11) is 0. The van der Waals surface area contributed by atoms with Crippen molar-refractivity contribution in [1.29, 1.82) is 0 Å². The fraction of sp³-hybridized carbons (Fsp3) is 0.136. The highest BCUT2D eigenvalue weighted by Crippen LogP contribution is 2.37. The van der Waals surface area contributed by atoms with Gasteiger partial charge in [0.2, 0.25) is 0 Å². The molecule has 2 heterocycles. The topological polar surface area (TPSA) is 59.9 Å². The SMILES string of the molecule is Fc1cc(F)c2ncnc(NCCc3ccc(Oc4cnccc4C(F)(F)F)cc3)c2c1F. The Balaban J connectivity index is 1.44. The van der Waals surface area contributed by atoms with Crippen molar-refractivity contribution in [2.45, 2.75) is 12.6 Å². The minimum Gasteiger partial charge on any atom is -0.455 e. The Morgan fingerprint density at radius 1 is 0.939 bits per heavy atom. The Morgan fingerprint density at radius 3 is 2.42 bits per heavy atom. The Labute approximate surface area is 183 Å². The van der Waals surface area contributed by atoms with Crippen LogP contribution in [0.2, 0.25) is 0 Å². The quantitative estimate of drug-likeness (QED) is 0.284. The summed E-state index contributed by atoms with van der Waals surface area (Å²) in [4.78, 5) is 11.2. The number of fused-ring (bicyclic) bond motifs is 1. The first kappa shape index (κ1) is 22.3. The fourth-order valence-corrected chi connectivity index (χ4v) is 3.14. The molecule has 0 aliphatic rings. The minimum atomic E-state index is -4.58. The number of alkyl halides is 3. The molecule has 2 aromatic heterocycles. The normalized spacial score (nSPS) is 11.6. The number of halogens is 6. The molecule has 1 N–H and O–H groups in total. The molecule has 33 heavy (non-hydrogen) atoms. The molecule has 170 valence electrons. The Kier molecular flexibility index (Phi) is 6.03. The number of hydrogen-bond acceptors (Lipinski definition) is 5. The van der Waals surface area contributed by atoms with Gasteiger partial charge in [0, 0.05) is 18.8 Å². The van der Waals surface area contributed by atoms with Crippen LogP contribution in [-0.4, -0.2) is 21.5 Å². The number of nitrogens with zero attached hydrogens (tertiary/aromatic N) is 3. The molecule has 11 heteroatoms. The van der Waals surface area contributed by atoms with Crippen LogP contribution in [0, 0.1) is 17.5 Å². The third-order valence-corrected chi connectivity index (χ3v) is 4.70. The number of nitrogens with one attached hydrogen (secondary N) is 1. The van der Waals surface area contributed by atoms with Gasteiger partial charge in [-0.15, -0.1) is 0 Å². The maximum Gasteiger partial charge on any atom is 0.420 e. The van der Waals surface area contributed by atoms with E-state index in [0.717, 1.165) is 30.4 Å². The molecule has 0 radical (unpaired) electrons. The van der Waals surface area contributed by atoms with Crippen molar-refractivity contribution in [2.24, 2.45) is 0 Å². The van der Waals surface area contributed by atoms with Gasteiger partial charge in [0.1, 0.15) is 29.0 Å². The van der Waals surface area contributed by atoms with Crippen LogP contribution in [0.5, 0.6) is 11.5 Å². The molecule has 0 bridgehead atoms. The third kappa shape index (κ3) is 4.81. The van der Waals surface area contributed by atoms with Crippen LogP contribution in [0.1, 0.15) is 11.1 Å². The van der Waals surface area contributed by atoms with Gasteiger partial charge < -0.3 is 10.1 Å². The largest absolute Gasteiger partial charge is 0.455 e. The van der Waals surface area contributed by atoms with Crippen molar-refractivity contribution >= 4 is 16.7 Å². The minimum absolute atomic E-state index is 0.0629. The second-order valence-electron chi connectivity index (χ2n) is 6.89. The first-order chi connectivity index (χ1) is 15.7. The molecule has 0 unspecified atom stereocenters. The van der Waals surface area contributed by atoms with Crippen LogP contribution in [0.25, 0.3) is 10.9 Å². The molecule has 0 atom stereocenters. The summed E-state index contributed by atoms with van der Waals surface area (Å²) in [5, 5.41) is 2.43. The van der Waals surface area contributed by atoms with Crippen molar-refractivity contribution in [3.63, 3.8) is 0 Å². The number of aromatic nitrogens is 3. The molecule has 4 aromatic rings. The number of pyridine rings is 1. The molecule has 0 spiro atoms.